The van der Waals surface area contributed by atoms with Crippen LogP contribution in [0.25, 0.3) is 43.1 Å². The van der Waals surface area contributed by atoms with Crippen molar-refractivity contribution in [2.24, 2.45) is 0 Å². The molecule has 5 aromatic carbocycles. The first-order valence-corrected chi connectivity index (χ1v) is 21.4. The SMILES string of the molecule is CCCCCCCCCCCCNC(=O)c1ccc2c3ccc(C(=O)O)c4c(C(=O)OCCCCCCCCCCCC)ccc(c5ccc(C(=O)O)c1c25)c43. The standard InChI is InChI=1S/C48H61NO7/c1-3-5-7-9-11-13-15-17-19-21-31-49-45(50)37-27-23-33-35-25-29-39(47(53)54)44-40(48(55)56-32-22-20-18-16-14-12-10-8-6-4-2)30-26-36(42(35)44)34-24-28-38(46(51)52)43(37)41(33)34/h23-30H,3-22,31-32H2,1-2H3,(H,49,50)(H,51,52)(H,53,54). The molecular formula is C48H61NO7. The number of amides is 1. The molecule has 56 heavy (non-hydrogen) atoms. The first kappa shape index (κ1) is 42.4. The number of nitrogens with one attached hydrogen (secondary N) is 1. The number of esters is 1. The van der Waals surface area contributed by atoms with Gasteiger partial charge < -0.3 is 20.3 Å². The van der Waals surface area contributed by atoms with E-state index in [2.05, 4.69) is 19.2 Å². The molecule has 5 rings (SSSR count). The second kappa shape index (κ2) is 21.5. The molecule has 300 valence electrons. The summed E-state index contributed by atoms with van der Waals surface area (Å²) in [5.74, 6) is -3.21. The predicted molar refractivity (Wildman–Crippen MR) is 228 cm³/mol. The third-order valence-corrected chi connectivity index (χ3v) is 11.4. The van der Waals surface area contributed by atoms with Gasteiger partial charge in [0.2, 0.25) is 0 Å². The smallest absolute Gasteiger partial charge is 0.338 e. The number of fused-ring (bicyclic) bond motifs is 2. The number of hydrogen-bond acceptors (Lipinski definition) is 5. The van der Waals surface area contributed by atoms with E-state index in [-0.39, 0.29) is 34.8 Å². The Labute approximate surface area is 331 Å². The molecule has 1 amide bonds. The third-order valence-electron chi connectivity index (χ3n) is 11.4. The average Bonchev–Trinajstić information content (AvgIpc) is 3.19. The topological polar surface area (TPSA) is 130 Å². The summed E-state index contributed by atoms with van der Waals surface area (Å²) in [5, 5.41) is 28.2. The minimum absolute atomic E-state index is 0.0127. The first-order chi connectivity index (χ1) is 27.3. The van der Waals surface area contributed by atoms with Crippen LogP contribution in [0.15, 0.2) is 48.5 Å². The third kappa shape index (κ3) is 10.4. The van der Waals surface area contributed by atoms with Gasteiger partial charge in [0.15, 0.2) is 0 Å². The van der Waals surface area contributed by atoms with Crippen molar-refractivity contribution < 1.29 is 34.1 Å². The number of carboxylic acids is 2. The lowest BCUT2D eigenvalue weighted by atomic mass is 9.84. The van der Waals surface area contributed by atoms with E-state index in [0.717, 1.165) is 38.5 Å². The summed E-state index contributed by atoms with van der Waals surface area (Å²) >= 11 is 0. The number of rotatable bonds is 26. The zero-order valence-electron chi connectivity index (χ0n) is 33.6. The molecule has 0 unspecified atom stereocenters. The van der Waals surface area contributed by atoms with Gasteiger partial charge in [0.25, 0.3) is 5.91 Å². The lowest BCUT2D eigenvalue weighted by Gasteiger charge is -2.19. The summed E-state index contributed by atoms with van der Waals surface area (Å²) < 4.78 is 5.72. The Bertz CT molecular complexity index is 1930. The van der Waals surface area contributed by atoms with Crippen LogP contribution in [0.1, 0.15) is 184 Å². The van der Waals surface area contributed by atoms with E-state index >= 15 is 0 Å². The van der Waals surface area contributed by atoms with E-state index in [0.29, 0.717) is 49.6 Å². The van der Waals surface area contributed by atoms with Crippen molar-refractivity contribution >= 4 is 66.9 Å². The monoisotopic (exact) mass is 763 g/mol. The number of benzene rings is 5. The molecular weight excluding hydrogens is 703 g/mol. The Morgan fingerprint density at radius 3 is 1.23 bits per heavy atom. The molecule has 0 radical (unpaired) electrons. The Balaban J connectivity index is 1.36. The Hall–Kier alpha value is -4.72. The van der Waals surface area contributed by atoms with Crippen LogP contribution in [0.2, 0.25) is 0 Å². The highest BCUT2D eigenvalue weighted by Crippen LogP contribution is 2.44. The molecule has 8 heteroatoms. The molecule has 0 atom stereocenters. The van der Waals surface area contributed by atoms with Gasteiger partial charge in [0.05, 0.1) is 23.3 Å². The second-order valence-corrected chi connectivity index (χ2v) is 15.5. The fourth-order valence-corrected chi connectivity index (χ4v) is 8.35. The van der Waals surface area contributed by atoms with Gasteiger partial charge in [0.1, 0.15) is 0 Å². The van der Waals surface area contributed by atoms with Crippen LogP contribution in [-0.2, 0) is 4.74 Å². The number of carboxylic acid groups (broad SMARTS) is 2. The highest BCUT2D eigenvalue weighted by atomic mass is 16.5. The molecule has 0 fully saturated rings. The summed E-state index contributed by atoms with van der Waals surface area (Å²) in [6.07, 6.45) is 23.5. The van der Waals surface area contributed by atoms with Crippen LogP contribution in [0.3, 0.4) is 0 Å². The van der Waals surface area contributed by atoms with Crippen LogP contribution in [0, 0.1) is 0 Å². The number of ether oxygens (including phenoxy) is 1. The van der Waals surface area contributed by atoms with Crippen LogP contribution >= 0.6 is 0 Å². The van der Waals surface area contributed by atoms with Crippen molar-refractivity contribution in [3.63, 3.8) is 0 Å². The number of carbonyl (C=O) groups is 4. The molecule has 0 aromatic heterocycles. The highest BCUT2D eigenvalue weighted by Gasteiger charge is 2.26. The van der Waals surface area contributed by atoms with Gasteiger partial charge in [-0.3, -0.25) is 4.79 Å². The lowest BCUT2D eigenvalue weighted by molar-refractivity contribution is 0.0499. The van der Waals surface area contributed by atoms with Crippen LogP contribution in [-0.4, -0.2) is 47.2 Å². The molecule has 0 bridgehead atoms. The summed E-state index contributed by atoms with van der Waals surface area (Å²) in [5.41, 5.74) is 0.467. The van der Waals surface area contributed by atoms with E-state index in [1.165, 1.54) is 102 Å². The zero-order valence-corrected chi connectivity index (χ0v) is 33.6. The van der Waals surface area contributed by atoms with Gasteiger partial charge >= 0.3 is 17.9 Å². The van der Waals surface area contributed by atoms with Crippen LogP contribution < -0.4 is 5.32 Å². The molecule has 0 spiro atoms. The normalized spacial score (nSPS) is 11.6. The molecule has 0 heterocycles. The Morgan fingerprint density at radius 2 is 0.804 bits per heavy atom. The van der Waals surface area contributed by atoms with Crippen LogP contribution in [0.5, 0.6) is 0 Å². The molecule has 0 aliphatic heterocycles. The zero-order chi connectivity index (χ0) is 39.9. The second-order valence-electron chi connectivity index (χ2n) is 15.5. The van der Waals surface area contributed by atoms with E-state index in [9.17, 15) is 29.4 Å². The fraction of sp³-hybridized carbons (Fsp3) is 0.500. The number of carbonyl (C=O) groups excluding carboxylic acids is 2. The van der Waals surface area contributed by atoms with Gasteiger partial charge in [-0.1, -0.05) is 154 Å². The van der Waals surface area contributed by atoms with E-state index < -0.39 is 17.9 Å². The maximum absolute atomic E-state index is 13.7. The lowest BCUT2D eigenvalue weighted by Crippen LogP contribution is -2.25. The summed E-state index contributed by atoms with van der Waals surface area (Å²) in [6, 6.07) is 13.3. The summed E-state index contributed by atoms with van der Waals surface area (Å²) in [6.45, 7) is 5.20. The molecule has 0 aliphatic rings. The van der Waals surface area contributed by atoms with Crippen molar-refractivity contribution in [1.82, 2.24) is 5.32 Å². The molecule has 3 N–H and O–H groups in total. The predicted octanol–water partition coefficient (Wildman–Crippen LogP) is 12.9. The van der Waals surface area contributed by atoms with Crippen LogP contribution in [0.4, 0.5) is 0 Å². The van der Waals surface area contributed by atoms with Gasteiger partial charge in [-0.25, -0.2) is 14.4 Å². The van der Waals surface area contributed by atoms with Gasteiger partial charge in [-0.05, 0) is 69.4 Å². The van der Waals surface area contributed by atoms with Crippen molar-refractivity contribution in [2.75, 3.05) is 13.2 Å². The summed E-state index contributed by atoms with van der Waals surface area (Å²) in [4.78, 5) is 52.5. The van der Waals surface area contributed by atoms with Gasteiger partial charge in [-0.2, -0.15) is 0 Å². The van der Waals surface area contributed by atoms with Crippen molar-refractivity contribution in [2.45, 2.75) is 142 Å². The molecule has 8 nitrogen and oxygen atoms in total. The Kier molecular flexibility index (Phi) is 16.3. The maximum atomic E-state index is 13.7. The summed E-state index contributed by atoms with van der Waals surface area (Å²) in [7, 11) is 0. The minimum atomic E-state index is -1.16. The molecule has 0 saturated carbocycles. The number of unbranched alkanes of at least 4 members (excludes halogenated alkanes) is 18. The molecule has 5 aromatic rings. The van der Waals surface area contributed by atoms with Gasteiger partial charge in [0, 0.05) is 22.9 Å². The first-order valence-electron chi connectivity index (χ1n) is 21.4. The van der Waals surface area contributed by atoms with Crippen molar-refractivity contribution in [1.29, 1.82) is 0 Å². The van der Waals surface area contributed by atoms with E-state index in [1.807, 2.05) is 0 Å². The molecule has 0 aliphatic carbocycles. The molecule has 0 saturated heterocycles. The number of hydrogen-bond donors (Lipinski definition) is 3. The average molecular weight is 764 g/mol. The maximum Gasteiger partial charge on any atom is 0.338 e. The quantitative estimate of drug-likeness (QED) is 0.0221. The highest BCUT2D eigenvalue weighted by molar-refractivity contribution is 6.38. The Morgan fingerprint density at radius 1 is 0.446 bits per heavy atom. The van der Waals surface area contributed by atoms with Gasteiger partial charge in [-0.15, -0.1) is 0 Å². The number of aromatic carboxylic acids is 2. The largest absolute Gasteiger partial charge is 0.478 e. The fourth-order valence-electron chi connectivity index (χ4n) is 8.35. The van der Waals surface area contributed by atoms with Crippen molar-refractivity contribution in [3.8, 4) is 0 Å². The van der Waals surface area contributed by atoms with E-state index in [1.54, 1.807) is 36.4 Å². The van der Waals surface area contributed by atoms with E-state index in [4.69, 9.17) is 4.74 Å². The van der Waals surface area contributed by atoms with Crippen molar-refractivity contribution in [3.05, 3.63) is 70.8 Å². The minimum Gasteiger partial charge on any atom is -0.478 e.